The number of amides is 1. The molecule has 11 heteroatoms. The van der Waals surface area contributed by atoms with Crippen LogP contribution in [0.15, 0.2) is 54.9 Å². The summed E-state index contributed by atoms with van der Waals surface area (Å²) in [6.45, 7) is 1.48. The third-order valence-electron chi connectivity index (χ3n) is 4.27. The highest BCUT2D eigenvalue weighted by Gasteiger charge is 2.41. The number of carbonyl (C=O) groups is 1. The van der Waals surface area contributed by atoms with Crippen molar-refractivity contribution in [3.05, 3.63) is 77.4 Å². The van der Waals surface area contributed by atoms with E-state index in [4.69, 9.17) is 0 Å². The van der Waals surface area contributed by atoms with Gasteiger partial charge >= 0.3 is 12.4 Å². The lowest BCUT2D eigenvalue weighted by Gasteiger charge is -2.18. The summed E-state index contributed by atoms with van der Waals surface area (Å²) in [5, 5.41) is 5.76. The highest BCUT2D eigenvalue weighted by Crippen LogP contribution is 2.35. The molecule has 2 aromatic heterocycles. The molecule has 1 atom stereocenters. The number of benzene rings is 1. The Labute approximate surface area is 166 Å². The number of hydrogen-bond donors (Lipinski definition) is 1. The molecule has 0 saturated carbocycles. The van der Waals surface area contributed by atoms with Gasteiger partial charge in [0.05, 0.1) is 17.8 Å². The first-order valence-electron chi connectivity index (χ1n) is 8.52. The van der Waals surface area contributed by atoms with Crippen molar-refractivity contribution >= 4 is 11.6 Å². The quantitative estimate of drug-likeness (QED) is 0.583. The van der Waals surface area contributed by atoms with Gasteiger partial charge in [0.2, 0.25) is 0 Å². The number of alkyl halides is 6. The van der Waals surface area contributed by atoms with Crippen LogP contribution in [0.2, 0.25) is 0 Å². The molecule has 0 saturated heterocycles. The summed E-state index contributed by atoms with van der Waals surface area (Å²) in [5.41, 5.74) is -3.22. The maximum Gasteiger partial charge on any atom is 0.433 e. The number of rotatable bonds is 4. The van der Waals surface area contributed by atoms with Crippen molar-refractivity contribution in [2.24, 2.45) is 0 Å². The molecule has 0 fully saturated rings. The van der Waals surface area contributed by atoms with Gasteiger partial charge in [-0.25, -0.2) is 0 Å². The second-order valence-electron chi connectivity index (χ2n) is 6.32. The van der Waals surface area contributed by atoms with Crippen LogP contribution in [0.1, 0.15) is 40.3 Å². The van der Waals surface area contributed by atoms with E-state index in [1.165, 1.54) is 6.92 Å². The van der Waals surface area contributed by atoms with Crippen molar-refractivity contribution in [2.45, 2.75) is 25.3 Å². The molecule has 2 heterocycles. The summed E-state index contributed by atoms with van der Waals surface area (Å²) < 4.78 is 80.2. The van der Waals surface area contributed by atoms with Crippen molar-refractivity contribution < 1.29 is 31.1 Å². The summed E-state index contributed by atoms with van der Waals surface area (Å²) in [6.07, 6.45) is -8.16. The van der Waals surface area contributed by atoms with Gasteiger partial charge in [-0.2, -0.15) is 31.4 Å². The predicted molar refractivity (Wildman–Crippen MR) is 94.7 cm³/mol. The van der Waals surface area contributed by atoms with E-state index in [2.05, 4.69) is 10.1 Å². The molecule has 1 amide bonds. The fourth-order valence-corrected chi connectivity index (χ4v) is 2.84. The average Bonchev–Trinajstić information content (AvgIpc) is 3.13. The van der Waals surface area contributed by atoms with Gasteiger partial charge in [-0.05, 0) is 24.6 Å². The molecule has 0 aliphatic heterocycles. The number of carbonyl (C=O) groups excluding carboxylic acids is 1. The molecule has 1 N–H and O–H groups in total. The van der Waals surface area contributed by atoms with Gasteiger partial charge in [0.15, 0.2) is 5.69 Å². The van der Waals surface area contributed by atoms with E-state index >= 15 is 0 Å². The Bertz CT molecular complexity index is 1040. The van der Waals surface area contributed by atoms with E-state index in [0.717, 1.165) is 18.5 Å². The van der Waals surface area contributed by atoms with Gasteiger partial charge in [0.1, 0.15) is 5.69 Å². The van der Waals surface area contributed by atoms with Crippen LogP contribution in [0.3, 0.4) is 0 Å². The van der Waals surface area contributed by atoms with Gasteiger partial charge in [-0.1, -0.05) is 30.3 Å². The molecule has 1 aromatic carbocycles. The average molecular weight is 428 g/mol. The van der Waals surface area contributed by atoms with Crippen molar-refractivity contribution in [1.82, 2.24) is 14.8 Å². The van der Waals surface area contributed by atoms with Gasteiger partial charge in [-0.3, -0.25) is 14.5 Å². The predicted octanol–water partition coefficient (Wildman–Crippen LogP) is 5.18. The van der Waals surface area contributed by atoms with Crippen LogP contribution in [0.5, 0.6) is 0 Å². The second kappa shape index (κ2) is 7.81. The Kier molecular flexibility index (Phi) is 5.55. The number of aromatic nitrogens is 3. The molecular formula is C19H14F6N4O. The third kappa shape index (κ3) is 4.44. The van der Waals surface area contributed by atoms with Crippen LogP contribution in [0.4, 0.5) is 32.0 Å². The number of hydrogen-bond acceptors (Lipinski definition) is 3. The van der Waals surface area contributed by atoms with Gasteiger partial charge in [0, 0.05) is 11.9 Å². The maximum absolute atomic E-state index is 13.7. The smallest absolute Gasteiger partial charge is 0.322 e. The number of anilines is 1. The van der Waals surface area contributed by atoms with E-state index in [0.29, 0.717) is 16.3 Å². The monoisotopic (exact) mass is 428 g/mol. The van der Waals surface area contributed by atoms with Crippen LogP contribution in [-0.2, 0) is 12.4 Å². The van der Waals surface area contributed by atoms with Crippen LogP contribution >= 0.6 is 0 Å². The van der Waals surface area contributed by atoms with Crippen molar-refractivity contribution in [1.29, 1.82) is 0 Å². The maximum atomic E-state index is 13.7. The second-order valence-corrected chi connectivity index (χ2v) is 6.32. The van der Waals surface area contributed by atoms with Crippen molar-refractivity contribution in [2.75, 3.05) is 5.32 Å². The summed E-state index contributed by atoms with van der Waals surface area (Å²) in [6, 6.07) is 8.95. The fourth-order valence-electron chi connectivity index (χ4n) is 2.84. The zero-order valence-corrected chi connectivity index (χ0v) is 15.3. The number of nitrogens with zero attached hydrogens (tertiary/aromatic N) is 3. The molecule has 0 bridgehead atoms. The Morgan fingerprint density at radius 3 is 2.30 bits per heavy atom. The minimum absolute atomic E-state index is 0.348. The standard InChI is InChI=1S/C19H14F6N4O/c1-11(12-5-3-2-4-6-12)29-16(19(23,24)25)14(10-27-29)17(30)28-13-7-8-26-15(9-13)18(20,21)22/h2-11H,1H3,(H,26,28,30). The normalized spacial score (nSPS) is 13.2. The minimum atomic E-state index is -4.93. The van der Waals surface area contributed by atoms with Crippen molar-refractivity contribution in [3.8, 4) is 0 Å². The first-order chi connectivity index (χ1) is 14.0. The van der Waals surface area contributed by atoms with Gasteiger partial charge in [0.25, 0.3) is 5.91 Å². The molecule has 158 valence electrons. The summed E-state index contributed by atoms with van der Waals surface area (Å²) in [5.74, 6) is -1.24. The molecule has 0 radical (unpaired) electrons. The largest absolute Gasteiger partial charge is 0.433 e. The lowest BCUT2D eigenvalue weighted by molar-refractivity contribution is -0.145. The first kappa shape index (κ1) is 21.3. The zero-order chi connectivity index (χ0) is 22.1. The Balaban J connectivity index is 1.96. The molecule has 0 aliphatic carbocycles. The summed E-state index contributed by atoms with van der Waals surface area (Å²) in [7, 11) is 0. The molecule has 1 unspecified atom stereocenters. The first-order valence-corrected chi connectivity index (χ1v) is 8.52. The van der Waals surface area contributed by atoms with Crippen LogP contribution in [-0.4, -0.2) is 20.7 Å². The summed E-state index contributed by atoms with van der Waals surface area (Å²) in [4.78, 5) is 15.6. The Morgan fingerprint density at radius 2 is 1.70 bits per heavy atom. The topological polar surface area (TPSA) is 59.8 Å². The van der Waals surface area contributed by atoms with Gasteiger partial charge in [-0.15, -0.1) is 0 Å². The number of nitrogens with one attached hydrogen (secondary N) is 1. The third-order valence-corrected chi connectivity index (χ3v) is 4.27. The number of pyridine rings is 1. The minimum Gasteiger partial charge on any atom is -0.322 e. The fraction of sp³-hybridized carbons (Fsp3) is 0.211. The van der Waals surface area contributed by atoms with E-state index in [1.807, 2.05) is 5.32 Å². The highest BCUT2D eigenvalue weighted by molar-refractivity contribution is 6.05. The zero-order valence-electron chi connectivity index (χ0n) is 15.3. The highest BCUT2D eigenvalue weighted by atomic mass is 19.4. The van der Waals surface area contributed by atoms with Crippen molar-refractivity contribution in [3.63, 3.8) is 0 Å². The molecule has 0 spiro atoms. The van der Waals surface area contributed by atoms with Crippen LogP contribution < -0.4 is 5.32 Å². The van der Waals surface area contributed by atoms with E-state index in [9.17, 15) is 31.1 Å². The van der Waals surface area contributed by atoms with Crippen LogP contribution in [0.25, 0.3) is 0 Å². The molecule has 30 heavy (non-hydrogen) atoms. The lowest BCUT2D eigenvalue weighted by Crippen LogP contribution is -2.23. The lowest BCUT2D eigenvalue weighted by atomic mass is 10.1. The Morgan fingerprint density at radius 1 is 1.03 bits per heavy atom. The molecule has 3 aromatic rings. The van der Waals surface area contributed by atoms with E-state index in [-0.39, 0.29) is 5.69 Å². The molecule has 5 nitrogen and oxygen atoms in total. The molecule has 3 rings (SSSR count). The van der Waals surface area contributed by atoms with E-state index in [1.54, 1.807) is 30.3 Å². The molecule has 0 aliphatic rings. The molecular weight excluding hydrogens is 414 g/mol. The summed E-state index contributed by atoms with van der Waals surface area (Å²) >= 11 is 0. The van der Waals surface area contributed by atoms with Crippen LogP contribution in [0, 0.1) is 0 Å². The van der Waals surface area contributed by atoms with Gasteiger partial charge < -0.3 is 5.32 Å². The number of halogens is 6. The van der Waals surface area contributed by atoms with E-state index < -0.39 is 41.3 Å². The Hall–Kier alpha value is -3.37. The SMILES string of the molecule is CC(c1ccccc1)n1ncc(C(=O)Nc2ccnc(C(F)(F)F)c2)c1C(F)(F)F.